The molecule has 22 heavy (non-hydrogen) atoms. The van der Waals surface area contributed by atoms with Crippen LogP contribution in [0.1, 0.15) is 22.3 Å². The van der Waals surface area contributed by atoms with E-state index in [1.807, 2.05) is 12.1 Å². The van der Waals surface area contributed by atoms with Crippen LogP contribution in [0.25, 0.3) is 0 Å². The van der Waals surface area contributed by atoms with Crippen LogP contribution in [0, 0.1) is 36.5 Å². The normalized spacial score (nSPS) is 9.27. The van der Waals surface area contributed by atoms with E-state index in [2.05, 4.69) is 9.97 Å². The van der Waals surface area contributed by atoms with Crippen LogP contribution >= 0.6 is 46.4 Å². The number of nitriles is 2. The number of aryl methyl sites for hydroxylation is 2. The van der Waals surface area contributed by atoms with Crippen molar-refractivity contribution < 1.29 is 0 Å². The Labute approximate surface area is 147 Å². The maximum Gasteiger partial charge on any atom is 0.148 e. The maximum absolute atomic E-state index is 8.57. The highest BCUT2D eigenvalue weighted by Crippen LogP contribution is 2.20. The molecular weight excluding hydrogens is 366 g/mol. The number of halogens is 4. The second-order valence-corrected chi connectivity index (χ2v) is 5.57. The van der Waals surface area contributed by atoms with E-state index in [1.54, 1.807) is 26.0 Å². The summed E-state index contributed by atoms with van der Waals surface area (Å²) in [4.78, 5) is 7.43. The topological polar surface area (TPSA) is 73.4 Å². The average Bonchev–Trinajstić information content (AvgIpc) is 2.38. The third kappa shape index (κ3) is 4.73. The summed E-state index contributed by atoms with van der Waals surface area (Å²) in [6.07, 6.45) is 0. The first kappa shape index (κ1) is 18.5. The SMILES string of the molecule is Cc1cc(Cl)nc(Cl)c1C#N.Cc1cc(Cl)nc(Cl)c1C#N. The highest BCUT2D eigenvalue weighted by Gasteiger charge is 2.06. The quantitative estimate of drug-likeness (QED) is 0.599. The summed E-state index contributed by atoms with van der Waals surface area (Å²) in [5.74, 6) is 0. The molecule has 0 saturated carbocycles. The van der Waals surface area contributed by atoms with Gasteiger partial charge >= 0.3 is 0 Å². The minimum atomic E-state index is 0.164. The van der Waals surface area contributed by atoms with Gasteiger partial charge in [0.05, 0.1) is 11.1 Å². The van der Waals surface area contributed by atoms with Crippen LogP contribution < -0.4 is 0 Å². The van der Waals surface area contributed by atoms with Gasteiger partial charge in [0.25, 0.3) is 0 Å². The lowest BCUT2D eigenvalue weighted by Gasteiger charge is -1.98. The molecule has 0 aliphatic rings. The van der Waals surface area contributed by atoms with Crippen molar-refractivity contribution in [1.82, 2.24) is 9.97 Å². The van der Waals surface area contributed by atoms with Gasteiger partial charge in [0, 0.05) is 0 Å². The number of hydrogen-bond acceptors (Lipinski definition) is 4. The number of nitrogens with zero attached hydrogens (tertiary/aromatic N) is 4. The molecule has 0 radical (unpaired) electrons. The van der Waals surface area contributed by atoms with Crippen LogP contribution in [0.4, 0.5) is 0 Å². The van der Waals surface area contributed by atoms with Gasteiger partial charge in [0.2, 0.25) is 0 Å². The van der Waals surface area contributed by atoms with Gasteiger partial charge in [-0.05, 0) is 37.1 Å². The van der Waals surface area contributed by atoms with E-state index in [4.69, 9.17) is 56.9 Å². The Morgan fingerprint density at radius 1 is 0.773 bits per heavy atom. The molecule has 4 nitrogen and oxygen atoms in total. The Balaban J connectivity index is 0.000000220. The molecule has 112 valence electrons. The maximum atomic E-state index is 8.57. The molecule has 0 saturated heterocycles. The Bertz CT molecular complexity index is 677. The lowest BCUT2D eigenvalue weighted by atomic mass is 10.2. The summed E-state index contributed by atoms with van der Waals surface area (Å²) >= 11 is 22.4. The van der Waals surface area contributed by atoms with Crippen molar-refractivity contribution in [1.29, 1.82) is 10.5 Å². The Kier molecular flexibility index (Phi) is 6.87. The first-order valence-electron chi connectivity index (χ1n) is 5.75. The lowest BCUT2D eigenvalue weighted by molar-refractivity contribution is 1.25. The predicted molar refractivity (Wildman–Crippen MR) is 87.4 cm³/mol. The molecule has 0 fully saturated rings. The van der Waals surface area contributed by atoms with Gasteiger partial charge in [-0.15, -0.1) is 0 Å². The fourth-order valence-electron chi connectivity index (χ4n) is 1.46. The van der Waals surface area contributed by atoms with Gasteiger partial charge in [0.1, 0.15) is 32.8 Å². The first-order chi connectivity index (χ1) is 10.3. The molecule has 0 aliphatic carbocycles. The molecule has 2 aromatic heterocycles. The van der Waals surface area contributed by atoms with Crippen LogP contribution in [0.15, 0.2) is 12.1 Å². The van der Waals surface area contributed by atoms with Crippen molar-refractivity contribution in [3.8, 4) is 12.1 Å². The molecule has 8 heteroatoms. The predicted octanol–water partition coefficient (Wildman–Crippen LogP) is 5.14. The Hall–Kier alpha value is -1.56. The summed E-state index contributed by atoms with van der Waals surface area (Å²) in [7, 11) is 0. The third-order valence-corrected chi connectivity index (χ3v) is 3.44. The molecule has 2 aromatic rings. The second-order valence-electron chi connectivity index (χ2n) is 4.08. The van der Waals surface area contributed by atoms with Gasteiger partial charge in [0.15, 0.2) is 0 Å². The minimum absolute atomic E-state index is 0.164. The van der Waals surface area contributed by atoms with Crippen molar-refractivity contribution >= 4 is 46.4 Å². The molecule has 0 unspecified atom stereocenters. The van der Waals surface area contributed by atoms with E-state index in [-0.39, 0.29) is 10.3 Å². The van der Waals surface area contributed by atoms with Gasteiger partial charge in [-0.1, -0.05) is 46.4 Å². The highest BCUT2D eigenvalue weighted by molar-refractivity contribution is 6.33. The Morgan fingerprint density at radius 3 is 1.32 bits per heavy atom. The fourth-order valence-corrected chi connectivity index (χ4v) is 2.61. The zero-order chi connectivity index (χ0) is 16.9. The van der Waals surface area contributed by atoms with E-state index in [9.17, 15) is 0 Å². The summed E-state index contributed by atoms with van der Waals surface area (Å²) in [5, 5.41) is 18.1. The molecule has 0 aliphatic heterocycles. The van der Waals surface area contributed by atoms with Gasteiger partial charge in [-0.25, -0.2) is 9.97 Å². The van der Waals surface area contributed by atoms with Crippen LogP contribution in [0.3, 0.4) is 0 Å². The second kappa shape index (κ2) is 8.17. The van der Waals surface area contributed by atoms with E-state index < -0.39 is 0 Å². The highest BCUT2D eigenvalue weighted by atomic mass is 35.5. The van der Waals surface area contributed by atoms with Crippen molar-refractivity contribution in [2.75, 3.05) is 0 Å². The van der Waals surface area contributed by atoms with E-state index in [1.165, 1.54) is 0 Å². The van der Waals surface area contributed by atoms with E-state index in [0.717, 1.165) is 11.1 Å². The number of aromatic nitrogens is 2. The molecule has 0 atom stereocenters. The largest absolute Gasteiger partial charge is 0.223 e. The molecule has 0 bridgehead atoms. The molecular formula is C14H8Cl4N4. The molecule has 2 rings (SSSR count). The Morgan fingerprint density at radius 2 is 1.09 bits per heavy atom. The zero-order valence-electron chi connectivity index (χ0n) is 11.5. The molecule has 0 amide bonds. The summed E-state index contributed by atoms with van der Waals surface area (Å²) < 4.78 is 0. The molecule has 0 spiro atoms. The average molecular weight is 374 g/mol. The summed E-state index contributed by atoms with van der Waals surface area (Å²) in [6, 6.07) is 7.08. The standard InChI is InChI=1S/2C7H4Cl2N2/c2*1-4-2-6(8)11-7(9)5(4)3-10/h2*2H,1H3. The zero-order valence-corrected chi connectivity index (χ0v) is 14.5. The van der Waals surface area contributed by atoms with Gasteiger partial charge < -0.3 is 0 Å². The van der Waals surface area contributed by atoms with Crippen molar-refractivity contribution in [2.24, 2.45) is 0 Å². The van der Waals surface area contributed by atoms with Crippen molar-refractivity contribution in [3.63, 3.8) is 0 Å². The number of pyridine rings is 2. The fraction of sp³-hybridized carbons (Fsp3) is 0.143. The van der Waals surface area contributed by atoms with Gasteiger partial charge in [-0.2, -0.15) is 10.5 Å². The van der Waals surface area contributed by atoms with E-state index in [0.29, 0.717) is 21.4 Å². The van der Waals surface area contributed by atoms with Crippen LogP contribution in [-0.4, -0.2) is 9.97 Å². The van der Waals surface area contributed by atoms with Crippen molar-refractivity contribution in [2.45, 2.75) is 13.8 Å². The van der Waals surface area contributed by atoms with Crippen LogP contribution in [0.2, 0.25) is 20.6 Å². The first-order valence-corrected chi connectivity index (χ1v) is 7.26. The smallest absolute Gasteiger partial charge is 0.148 e. The molecule has 0 N–H and O–H groups in total. The number of hydrogen-bond donors (Lipinski definition) is 0. The minimum Gasteiger partial charge on any atom is -0.223 e. The monoisotopic (exact) mass is 372 g/mol. The summed E-state index contributed by atoms with van der Waals surface area (Å²) in [5.41, 5.74) is 2.27. The van der Waals surface area contributed by atoms with E-state index >= 15 is 0 Å². The van der Waals surface area contributed by atoms with Gasteiger partial charge in [-0.3, -0.25) is 0 Å². The third-order valence-electron chi connectivity index (χ3n) is 2.51. The van der Waals surface area contributed by atoms with Crippen LogP contribution in [0.5, 0.6) is 0 Å². The molecule has 2 heterocycles. The number of rotatable bonds is 0. The lowest BCUT2D eigenvalue weighted by Crippen LogP contribution is -1.87. The van der Waals surface area contributed by atoms with Crippen molar-refractivity contribution in [3.05, 3.63) is 55.0 Å². The summed E-state index contributed by atoms with van der Waals surface area (Å²) in [6.45, 7) is 3.52. The van der Waals surface area contributed by atoms with Crippen LogP contribution in [-0.2, 0) is 0 Å². The molecule has 0 aromatic carbocycles.